The summed E-state index contributed by atoms with van der Waals surface area (Å²) in [6, 6.07) is 17.6. The number of para-hydroxylation sites is 1. The zero-order valence-corrected chi connectivity index (χ0v) is 16.9. The van der Waals surface area contributed by atoms with Crippen molar-refractivity contribution in [3.8, 4) is 0 Å². The Labute approximate surface area is 182 Å². The zero-order valence-electron chi connectivity index (χ0n) is 16.9. The molecule has 4 rings (SSSR count). The van der Waals surface area contributed by atoms with Gasteiger partial charge in [-0.25, -0.2) is 14.1 Å². The van der Waals surface area contributed by atoms with Crippen LogP contribution in [0.4, 0.5) is 15.8 Å². The number of carbonyl (C=O) groups is 4. The minimum absolute atomic E-state index is 0.0187. The summed E-state index contributed by atoms with van der Waals surface area (Å²) in [6.07, 6.45) is -1.09. The van der Waals surface area contributed by atoms with Gasteiger partial charge in [0.05, 0.1) is 22.4 Å². The first-order chi connectivity index (χ1) is 15.3. The van der Waals surface area contributed by atoms with Crippen LogP contribution in [0, 0.1) is 5.82 Å². The molecule has 32 heavy (non-hydrogen) atoms. The lowest BCUT2D eigenvalue weighted by atomic mass is 10.1. The molecule has 0 aliphatic carbocycles. The summed E-state index contributed by atoms with van der Waals surface area (Å²) in [5, 5.41) is 2.63. The van der Waals surface area contributed by atoms with Crippen LogP contribution in [0.2, 0.25) is 0 Å². The van der Waals surface area contributed by atoms with Crippen molar-refractivity contribution in [3.63, 3.8) is 0 Å². The molecule has 1 N–H and O–H groups in total. The topological polar surface area (TPSA) is 92.8 Å². The van der Waals surface area contributed by atoms with Crippen LogP contribution in [-0.2, 0) is 9.53 Å². The number of hydrogen-bond acceptors (Lipinski definition) is 5. The van der Waals surface area contributed by atoms with E-state index in [2.05, 4.69) is 5.32 Å². The Morgan fingerprint density at radius 1 is 0.906 bits per heavy atom. The number of anilines is 2. The van der Waals surface area contributed by atoms with E-state index in [1.54, 1.807) is 30.3 Å². The molecule has 3 aromatic rings. The molecule has 0 bridgehead atoms. The molecular weight excluding hydrogens is 415 g/mol. The van der Waals surface area contributed by atoms with Gasteiger partial charge in [-0.3, -0.25) is 14.4 Å². The first-order valence-electron chi connectivity index (χ1n) is 9.70. The second-order valence-corrected chi connectivity index (χ2v) is 7.09. The number of esters is 1. The van der Waals surface area contributed by atoms with Gasteiger partial charge in [-0.1, -0.05) is 18.2 Å². The summed E-state index contributed by atoms with van der Waals surface area (Å²) < 4.78 is 18.4. The molecule has 1 atom stereocenters. The lowest BCUT2D eigenvalue weighted by molar-refractivity contribution is -0.123. The highest BCUT2D eigenvalue weighted by molar-refractivity contribution is 6.34. The Balaban J connectivity index is 1.49. The summed E-state index contributed by atoms with van der Waals surface area (Å²) in [7, 11) is 0. The van der Waals surface area contributed by atoms with E-state index in [-0.39, 0.29) is 22.4 Å². The number of imide groups is 1. The van der Waals surface area contributed by atoms with Crippen molar-refractivity contribution >= 4 is 35.1 Å². The second kappa shape index (κ2) is 8.43. The van der Waals surface area contributed by atoms with Crippen molar-refractivity contribution in [3.05, 3.63) is 95.3 Å². The van der Waals surface area contributed by atoms with Crippen molar-refractivity contribution in [2.75, 3.05) is 10.2 Å². The predicted molar refractivity (Wildman–Crippen MR) is 114 cm³/mol. The van der Waals surface area contributed by atoms with Gasteiger partial charge < -0.3 is 10.1 Å². The zero-order chi connectivity index (χ0) is 22.8. The summed E-state index contributed by atoms with van der Waals surface area (Å²) in [6.45, 7) is 1.43. The van der Waals surface area contributed by atoms with E-state index in [1.807, 2.05) is 0 Å². The van der Waals surface area contributed by atoms with Gasteiger partial charge in [0.1, 0.15) is 5.82 Å². The van der Waals surface area contributed by atoms with E-state index in [9.17, 15) is 23.6 Å². The Bertz CT molecular complexity index is 1220. The maximum absolute atomic E-state index is 13.2. The van der Waals surface area contributed by atoms with Crippen LogP contribution < -0.4 is 10.2 Å². The van der Waals surface area contributed by atoms with Gasteiger partial charge in [0.2, 0.25) is 0 Å². The molecule has 0 fully saturated rings. The Kier molecular flexibility index (Phi) is 5.51. The van der Waals surface area contributed by atoms with E-state index in [0.29, 0.717) is 5.69 Å². The number of rotatable bonds is 5. The molecule has 8 heteroatoms. The largest absolute Gasteiger partial charge is 0.449 e. The van der Waals surface area contributed by atoms with Crippen LogP contribution in [0.3, 0.4) is 0 Å². The highest BCUT2D eigenvalue weighted by atomic mass is 19.1. The lowest BCUT2D eigenvalue weighted by Crippen LogP contribution is -2.30. The molecule has 1 unspecified atom stereocenters. The van der Waals surface area contributed by atoms with Crippen LogP contribution in [0.5, 0.6) is 0 Å². The van der Waals surface area contributed by atoms with Crippen LogP contribution in [0.15, 0.2) is 72.8 Å². The van der Waals surface area contributed by atoms with Crippen molar-refractivity contribution in [2.45, 2.75) is 13.0 Å². The molecule has 1 aliphatic rings. The third-order valence-electron chi connectivity index (χ3n) is 4.90. The second-order valence-electron chi connectivity index (χ2n) is 7.09. The maximum atomic E-state index is 13.2. The van der Waals surface area contributed by atoms with E-state index in [4.69, 9.17) is 4.74 Å². The number of nitrogens with one attached hydrogen (secondary N) is 1. The molecule has 160 valence electrons. The molecule has 0 saturated carbocycles. The molecule has 0 spiro atoms. The summed E-state index contributed by atoms with van der Waals surface area (Å²) in [4.78, 5) is 51.2. The number of hydrogen-bond donors (Lipinski definition) is 1. The van der Waals surface area contributed by atoms with Gasteiger partial charge in [-0.2, -0.15) is 0 Å². The van der Waals surface area contributed by atoms with Crippen molar-refractivity contribution < 1.29 is 28.3 Å². The monoisotopic (exact) mass is 432 g/mol. The van der Waals surface area contributed by atoms with E-state index in [1.165, 1.54) is 37.3 Å². The predicted octanol–water partition coefficient (Wildman–Crippen LogP) is 3.81. The molecular formula is C24H17FN2O5. The van der Waals surface area contributed by atoms with Gasteiger partial charge in [0, 0.05) is 5.69 Å². The minimum atomic E-state index is -1.09. The summed E-state index contributed by atoms with van der Waals surface area (Å²) in [5.74, 6) is -3.04. The first-order valence-corrected chi connectivity index (χ1v) is 9.70. The number of carbonyl (C=O) groups excluding carboxylic acids is 4. The fourth-order valence-corrected chi connectivity index (χ4v) is 3.24. The summed E-state index contributed by atoms with van der Waals surface area (Å²) in [5.41, 5.74) is 0.932. The van der Waals surface area contributed by atoms with Crippen molar-refractivity contribution in [1.29, 1.82) is 0 Å². The maximum Gasteiger partial charge on any atom is 0.338 e. The SMILES string of the molecule is CC(OC(=O)c1ccc2c(c1)C(=O)N(c1ccc(F)cc1)C2=O)C(=O)Nc1ccccc1. The number of halogens is 1. The molecule has 3 aromatic carbocycles. The van der Waals surface area contributed by atoms with Crippen LogP contribution in [0.1, 0.15) is 38.0 Å². The average Bonchev–Trinajstić information content (AvgIpc) is 3.04. The fourth-order valence-electron chi connectivity index (χ4n) is 3.24. The third-order valence-corrected chi connectivity index (χ3v) is 4.90. The Morgan fingerprint density at radius 3 is 2.25 bits per heavy atom. The van der Waals surface area contributed by atoms with Crippen molar-refractivity contribution in [1.82, 2.24) is 0 Å². The highest BCUT2D eigenvalue weighted by Crippen LogP contribution is 2.29. The van der Waals surface area contributed by atoms with Gasteiger partial charge in [-0.05, 0) is 61.5 Å². The average molecular weight is 432 g/mol. The number of fused-ring (bicyclic) bond motifs is 1. The molecule has 0 aromatic heterocycles. The molecule has 0 radical (unpaired) electrons. The van der Waals surface area contributed by atoms with Gasteiger partial charge in [0.25, 0.3) is 17.7 Å². The van der Waals surface area contributed by atoms with Crippen LogP contribution in [0.25, 0.3) is 0 Å². The normalized spacial score (nSPS) is 13.5. The minimum Gasteiger partial charge on any atom is -0.449 e. The lowest BCUT2D eigenvalue weighted by Gasteiger charge is -2.14. The highest BCUT2D eigenvalue weighted by Gasteiger charge is 2.37. The molecule has 7 nitrogen and oxygen atoms in total. The van der Waals surface area contributed by atoms with Crippen LogP contribution in [-0.4, -0.2) is 29.8 Å². The van der Waals surface area contributed by atoms with E-state index < -0.39 is 35.6 Å². The van der Waals surface area contributed by atoms with Gasteiger partial charge in [0.15, 0.2) is 6.10 Å². The number of ether oxygens (including phenoxy) is 1. The number of nitrogens with zero attached hydrogens (tertiary/aromatic N) is 1. The Hall–Kier alpha value is -4.33. The van der Waals surface area contributed by atoms with E-state index >= 15 is 0 Å². The van der Waals surface area contributed by atoms with E-state index in [0.717, 1.165) is 17.0 Å². The molecule has 0 saturated heterocycles. The summed E-state index contributed by atoms with van der Waals surface area (Å²) >= 11 is 0. The van der Waals surface area contributed by atoms with Crippen LogP contribution >= 0.6 is 0 Å². The van der Waals surface area contributed by atoms with Crippen molar-refractivity contribution in [2.24, 2.45) is 0 Å². The standard InChI is InChI=1S/C24H17FN2O5/c1-14(21(28)26-17-5-3-2-4-6-17)32-24(31)15-7-12-19-20(13-15)23(30)27(22(19)29)18-10-8-16(25)9-11-18/h2-14H,1H3,(H,26,28). The molecule has 3 amide bonds. The number of amides is 3. The number of benzene rings is 3. The first kappa shape index (κ1) is 20.9. The van der Waals surface area contributed by atoms with Gasteiger partial charge in [-0.15, -0.1) is 0 Å². The third kappa shape index (κ3) is 3.98. The quantitative estimate of drug-likeness (QED) is 0.489. The smallest absolute Gasteiger partial charge is 0.338 e. The fraction of sp³-hybridized carbons (Fsp3) is 0.0833. The molecule has 1 heterocycles. The Morgan fingerprint density at radius 2 is 1.56 bits per heavy atom. The molecule has 1 aliphatic heterocycles. The van der Waals surface area contributed by atoms with Gasteiger partial charge >= 0.3 is 5.97 Å².